The highest BCUT2D eigenvalue weighted by atomic mass is 35.5. The van der Waals surface area contributed by atoms with Crippen molar-refractivity contribution in [1.29, 1.82) is 0 Å². The third kappa shape index (κ3) is 2.72. The molecule has 0 atom stereocenters. The molecule has 1 N–H and O–H groups in total. The third-order valence-corrected chi connectivity index (χ3v) is 2.84. The Morgan fingerprint density at radius 1 is 1.35 bits per heavy atom. The van der Waals surface area contributed by atoms with Crippen molar-refractivity contribution in [3.8, 4) is 0 Å². The summed E-state index contributed by atoms with van der Waals surface area (Å²) in [6, 6.07) is 4.39. The number of nitrogens with one attached hydrogen (secondary N) is 1. The zero-order valence-electron chi connectivity index (χ0n) is 10.3. The molecule has 8 heteroatoms. The van der Waals surface area contributed by atoms with Gasteiger partial charge in [0.25, 0.3) is 11.6 Å². The largest absolute Gasteiger partial charge is 0.304 e. The predicted molar refractivity (Wildman–Crippen MR) is 72.8 cm³/mol. The number of nitro benzene ring substituents is 1. The predicted octanol–water partition coefficient (Wildman–Crippen LogP) is 2.60. The van der Waals surface area contributed by atoms with Crippen molar-refractivity contribution in [3.05, 3.63) is 57.0 Å². The second-order valence-corrected chi connectivity index (χ2v) is 4.23. The van der Waals surface area contributed by atoms with E-state index in [9.17, 15) is 14.9 Å². The minimum atomic E-state index is -0.655. The van der Waals surface area contributed by atoms with Crippen molar-refractivity contribution in [2.75, 3.05) is 5.32 Å². The van der Waals surface area contributed by atoms with E-state index in [4.69, 9.17) is 11.6 Å². The fourth-order valence-corrected chi connectivity index (χ4v) is 1.83. The Kier molecular flexibility index (Phi) is 3.90. The van der Waals surface area contributed by atoms with Crippen LogP contribution in [-0.2, 0) is 0 Å². The van der Waals surface area contributed by atoms with E-state index in [1.54, 1.807) is 13.0 Å². The summed E-state index contributed by atoms with van der Waals surface area (Å²) < 4.78 is 0. The van der Waals surface area contributed by atoms with Crippen molar-refractivity contribution < 1.29 is 9.72 Å². The Hall–Kier alpha value is -2.54. The number of benzene rings is 1. The molecular formula is C12H9ClN4O3. The topological polar surface area (TPSA) is 98.0 Å². The minimum absolute atomic E-state index is 0.0112. The number of rotatable bonds is 3. The molecule has 0 saturated carbocycles. The van der Waals surface area contributed by atoms with Crippen molar-refractivity contribution in [3.63, 3.8) is 0 Å². The van der Waals surface area contributed by atoms with Crippen LogP contribution in [0.2, 0.25) is 5.15 Å². The summed E-state index contributed by atoms with van der Waals surface area (Å²) in [5.41, 5.74) is 0.179. The molecule has 1 amide bonds. The van der Waals surface area contributed by atoms with E-state index in [1.165, 1.54) is 24.5 Å². The van der Waals surface area contributed by atoms with E-state index in [0.29, 0.717) is 5.56 Å². The van der Waals surface area contributed by atoms with Gasteiger partial charge >= 0.3 is 0 Å². The van der Waals surface area contributed by atoms with Crippen LogP contribution < -0.4 is 5.32 Å². The number of amides is 1. The molecule has 1 aromatic carbocycles. The van der Waals surface area contributed by atoms with E-state index in [1.807, 2.05) is 0 Å². The Morgan fingerprint density at radius 3 is 2.70 bits per heavy atom. The Labute approximate surface area is 118 Å². The molecule has 0 saturated heterocycles. The monoisotopic (exact) mass is 292 g/mol. The molecule has 0 radical (unpaired) electrons. The molecular weight excluding hydrogens is 284 g/mol. The molecule has 0 aliphatic rings. The van der Waals surface area contributed by atoms with Gasteiger partial charge in [-0.1, -0.05) is 23.7 Å². The summed E-state index contributed by atoms with van der Waals surface area (Å²) in [6.07, 6.45) is 2.72. The molecule has 1 aromatic heterocycles. The van der Waals surface area contributed by atoms with Crippen LogP contribution in [0.1, 0.15) is 15.9 Å². The van der Waals surface area contributed by atoms with Crippen LogP contribution in [0.15, 0.2) is 30.6 Å². The maximum Gasteiger partial charge on any atom is 0.282 e. The van der Waals surface area contributed by atoms with Crippen LogP contribution in [0, 0.1) is 17.0 Å². The number of anilines is 1. The average Bonchev–Trinajstić information content (AvgIpc) is 2.40. The molecule has 0 aliphatic carbocycles. The maximum absolute atomic E-state index is 12.2. The van der Waals surface area contributed by atoms with Gasteiger partial charge in [-0.2, -0.15) is 0 Å². The smallest absolute Gasteiger partial charge is 0.282 e. The highest BCUT2D eigenvalue weighted by Gasteiger charge is 2.23. The number of halogens is 1. The van der Waals surface area contributed by atoms with Crippen molar-refractivity contribution in [2.24, 2.45) is 0 Å². The number of aryl methyl sites for hydroxylation is 1. The number of nitro groups is 1. The highest BCUT2D eigenvalue weighted by Crippen LogP contribution is 2.24. The number of carbonyl (C=O) groups is 1. The van der Waals surface area contributed by atoms with E-state index >= 15 is 0 Å². The van der Waals surface area contributed by atoms with Gasteiger partial charge in [0.05, 0.1) is 4.92 Å². The molecule has 0 aliphatic heterocycles. The Bertz CT molecular complexity index is 690. The van der Waals surface area contributed by atoms with Gasteiger partial charge in [-0.15, -0.1) is 0 Å². The fraction of sp³-hybridized carbons (Fsp3) is 0.0833. The molecule has 20 heavy (non-hydrogen) atoms. The molecule has 2 rings (SSSR count). The number of aromatic nitrogens is 2. The van der Waals surface area contributed by atoms with Gasteiger partial charge in [-0.3, -0.25) is 14.9 Å². The van der Waals surface area contributed by atoms with E-state index < -0.39 is 10.8 Å². The van der Waals surface area contributed by atoms with Crippen LogP contribution in [0.4, 0.5) is 11.5 Å². The number of carbonyl (C=O) groups excluding carboxylic acids is 1. The Balaban J connectivity index is 2.40. The molecule has 0 fully saturated rings. The molecule has 1 heterocycles. The minimum Gasteiger partial charge on any atom is -0.304 e. The molecule has 102 valence electrons. The van der Waals surface area contributed by atoms with Gasteiger partial charge in [0.2, 0.25) is 0 Å². The maximum atomic E-state index is 12.2. The highest BCUT2D eigenvalue weighted by molar-refractivity contribution is 6.32. The zero-order valence-corrected chi connectivity index (χ0v) is 11.1. The molecule has 7 nitrogen and oxygen atoms in total. The first-order valence-corrected chi connectivity index (χ1v) is 5.90. The van der Waals surface area contributed by atoms with Crippen molar-refractivity contribution in [1.82, 2.24) is 9.97 Å². The van der Waals surface area contributed by atoms with E-state index in [0.717, 1.165) is 0 Å². The van der Waals surface area contributed by atoms with Gasteiger partial charge in [-0.25, -0.2) is 9.97 Å². The average molecular weight is 293 g/mol. The van der Waals surface area contributed by atoms with E-state index in [-0.39, 0.29) is 22.2 Å². The lowest BCUT2D eigenvalue weighted by molar-refractivity contribution is -0.385. The van der Waals surface area contributed by atoms with Crippen LogP contribution in [0.25, 0.3) is 0 Å². The van der Waals surface area contributed by atoms with Crippen LogP contribution in [-0.4, -0.2) is 20.8 Å². The summed E-state index contributed by atoms with van der Waals surface area (Å²) in [6.45, 7) is 1.61. The lowest BCUT2D eigenvalue weighted by atomic mass is 10.1. The number of hydrogen-bond donors (Lipinski definition) is 1. The summed E-state index contributed by atoms with van der Waals surface area (Å²) in [5.74, 6) is -0.603. The first kappa shape index (κ1) is 13.9. The summed E-state index contributed by atoms with van der Waals surface area (Å²) in [5, 5.41) is 13.4. The number of hydrogen-bond acceptors (Lipinski definition) is 5. The van der Waals surface area contributed by atoms with Crippen LogP contribution in [0.3, 0.4) is 0 Å². The molecule has 0 unspecified atom stereocenters. The second-order valence-electron chi connectivity index (χ2n) is 3.88. The molecule has 2 aromatic rings. The molecule has 0 spiro atoms. The van der Waals surface area contributed by atoms with Crippen molar-refractivity contribution >= 4 is 29.0 Å². The quantitative estimate of drug-likeness (QED) is 0.692. The van der Waals surface area contributed by atoms with Gasteiger partial charge in [0, 0.05) is 18.5 Å². The number of nitrogens with zero attached hydrogens (tertiary/aromatic N) is 3. The second kappa shape index (κ2) is 5.62. The van der Waals surface area contributed by atoms with Gasteiger partial charge < -0.3 is 5.32 Å². The third-order valence-electron chi connectivity index (χ3n) is 2.56. The lowest BCUT2D eigenvalue weighted by Crippen LogP contribution is -2.16. The first-order valence-electron chi connectivity index (χ1n) is 5.52. The standard InChI is InChI=1S/C12H9ClN4O3/c1-7-3-2-4-8(17(19)20)9(7)12(18)16-11-10(13)14-5-6-15-11/h2-6H,1H3,(H,15,16,18). The van der Waals surface area contributed by atoms with Crippen LogP contribution >= 0.6 is 11.6 Å². The van der Waals surface area contributed by atoms with E-state index in [2.05, 4.69) is 15.3 Å². The van der Waals surface area contributed by atoms with Crippen LogP contribution in [0.5, 0.6) is 0 Å². The van der Waals surface area contributed by atoms with Gasteiger partial charge in [0.1, 0.15) is 5.56 Å². The lowest BCUT2D eigenvalue weighted by Gasteiger charge is -2.08. The summed E-state index contributed by atoms with van der Waals surface area (Å²) in [4.78, 5) is 30.1. The zero-order chi connectivity index (χ0) is 14.7. The summed E-state index contributed by atoms with van der Waals surface area (Å²) >= 11 is 5.78. The first-order chi connectivity index (χ1) is 9.50. The van der Waals surface area contributed by atoms with Gasteiger partial charge in [-0.05, 0) is 12.5 Å². The SMILES string of the molecule is Cc1cccc([N+](=O)[O-])c1C(=O)Nc1nccnc1Cl. The fourth-order valence-electron chi connectivity index (χ4n) is 1.67. The Morgan fingerprint density at radius 2 is 2.05 bits per heavy atom. The normalized spacial score (nSPS) is 10.1. The molecule has 0 bridgehead atoms. The van der Waals surface area contributed by atoms with Gasteiger partial charge in [0.15, 0.2) is 11.0 Å². The summed E-state index contributed by atoms with van der Waals surface area (Å²) in [7, 11) is 0. The van der Waals surface area contributed by atoms with Crippen molar-refractivity contribution in [2.45, 2.75) is 6.92 Å².